The molecule has 6 nitrogen and oxygen atoms in total. The molecule has 0 bridgehead atoms. The van der Waals surface area contributed by atoms with Crippen LogP contribution in [0.4, 0.5) is 18.3 Å². The van der Waals surface area contributed by atoms with Gasteiger partial charge in [-0.2, -0.15) is 13.2 Å². The van der Waals surface area contributed by atoms with E-state index in [-0.39, 0.29) is 23.1 Å². The molecule has 0 spiro atoms. The highest BCUT2D eigenvalue weighted by Gasteiger charge is 2.35. The van der Waals surface area contributed by atoms with Crippen molar-refractivity contribution in [3.63, 3.8) is 0 Å². The average Bonchev–Trinajstić information content (AvgIpc) is 2.94. The molecule has 1 heterocycles. The SMILES string of the molecule is COc1ccc(OCC(=O)Nc2nnc(C(F)(F)F)s2)cc1. The average molecular weight is 333 g/mol. The zero-order chi connectivity index (χ0) is 16.2. The van der Waals surface area contributed by atoms with Crippen molar-refractivity contribution in [2.24, 2.45) is 0 Å². The molecule has 0 radical (unpaired) electrons. The Morgan fingerprint density at radius 2 is 1.86 bits per heavy atom. The van der Waals surface area contributed by atoms with Gasteiger partial charge < -0.3 is 9.47 Å². The Balaban J connectivity index is 1.86. The first kappa shape index (κ1) is 16.0. The Bertz CT molecular complexity index is 643. The number of carbonyl (C=O) groups excluding carboxylic acids is 1. The van der Waals surface area contributed by atoms with E-state index >= 15 is 0 Å². The number of hydrogen-bond donors (Lipinski definition) is 1. The Morgan fingerprint density at radius 1 is 1.23 bits per heavy atom. The van der Waals surface area contributed by atoms with Gasteiger partial charge in [-0.25, -0.2) is 0 Å². The Labute approximate surface area is 126 Å². The van der Waals surface area contributed by atoms with Crippen molar-refractivity contribution in [3.05, 3.63) is 29.3 Å². The van der Waals surface area contributed by atoms with Crippen LogP contribution in [0.3, 0.4) is 0 Å². The second-order valence-corrected chi connectivity index (χ2v) is 4.90. The van der Waals surface area contributed by atoms with E-state index in [4.69, 9.17) is 9.47 Å². The lowest BCUT2D eigenvalue weighted by atomic mass is 10.3. The van der Waals surface area contributed by atoms with Crippen LogP contribution in [-0.4, -0.2) is 29.8 Å². The number of nitrogens with zero attached hydrogens (tertiary/aromatic N) is 2. The van der Waals surface area contributed by atoms with E-state index in [1.165, 1.54) is 7.11 Å². The van der Waals surface area contributed by atoms with Crippen molar-refractivity contribution < 1.29 is 27.4 Å². The molecule has 0 saturated carbocycles. The Kier molecular flexibility index (Phi) is 4.81. The van der Waals surface area contributed by atoms with Crippen LogP contribution in [0.5, 0.6) is 11.5 Å². The summed E-state index contributed by atoms with van der Waals surface area (Å²) in [5.41, 5.74) is 0. The van der Waals surface area contributed by atoms with Crippen molar-refractivity contribution >= 4 is 22.4 Å². The Hall–Kier alpha value is -2.36. The molecule has 0 aliphatic rings. The summed E-state index contributed by atoms with van der Waals surface area (Å²) in [4.78, 5) is 11.6. The second kappa shape index (κ2) is 6.60. The van der Waals surface area contributed by atoms with E-state index in [2.05, 4.69) is 15.5 Å². The van der Waals surface area contributed by atoms with Crippen LogP contribution < -0.4 is 14.8 Å². The number of benzene rings is 1. The van der Waals surface area contributed by atoms with Gasteiger partial charge in [0.2, 0.25) is 10.1 Å². The van der Waals surface area contributed by atoms with Crippen molar-refractivity contribution in [1.29, 1.82) is 0 Å². The molecule has 1 N–H and O–H groups in total. The van der Waals surface area contributed by atoms with E-state index in [1.54, 1.807) is 24.3 Å². The normalized spacial score (nSPS) is 11.1. The minimum atomic E-state index is -4.58. The number of carbonyl (C=O) groups is 1. The van der Waals surface area contributed by atoms with Gasteiger partial charge >= 0.3 is 6.18 Å². The smallest absolute Gasteiger partial charge is 0.445 e. The van der Waals surface area contributed by atoms with Gasteiger partial charge in [0, 0.05) is 0 Å². The van der Waals surface area contributed by atoms with Gasteiger partial charge in [-0.15, -0.1) is 10.2 Å². The van der Waals surface area contributed by atoms with Crippen molar-refractivity contribution in [3.8, 4) is 11.5 Å². The van der Waals surface area contributed by atoms with Crippen LogP contribution in [-0.2, 0) is 11.0 Å². The molecule has 2 rings (SSSR count). The summed E-state index contributed by atoms with van der Waals surface area (Å²) in [6.45, 7) is -0.368. The Morgan fingerprint density at radius 3 is 2.41 bits per heavy atom. The van der Waals surface area contributed by atoms with Crippen molar-refractivity contribution in [2.45, 2.75) is 6.18 Å². The third-order valence-electron chi connectivity index (χ3n) is 2.34. The predicted octanol–water partition coefficient (Wildman–Crippen LogP) is 2.58. The molecule has 0 aliphatic heterocycles. The molecule has 1 aromatic heterocycles. The zero-order valence-corrected chi connectivity index (χ0v) is 12.0. The third kappa shape index (κ3) is 4.32. The van der Waals surface area contributed by atoms with E-state index in [9.17, 15) is 18.0 Å². The molecule has 0 fully saturated rings. The van der Waals surface area contributed by atoms with Crippen LogP contribution in [0.25, 0.3) is 0 Å². The molecule has 1 amide bonds. The summed E-state index contributed by atoms with van der Waals surface area (Å²) in [6, 6.07) is 6.48. The van der Waals surface area contributed by atoms with Gasteiger partial charge in [0.05, 0.1) is 7.11 Å². The monoisotopic (exact) mass is 333 g/mol. The number of ether oxygens (including phenoxy) is 2. The van der Waals surface area contributed by atoms with Gasteiger partial charge in [0.1, 0.15) is 11.5 Å². The number of aromatic nitrogens is 2. The lowest BCUT2D eigenvalue weighted by Gasteiger charge is -2.06. The maximum Gasteiger partial charge on any atom is 0.445 e. The van der Waals surface area contributed by atoms with Gasteiger partial charge in [0.25, 0.3) is 5.91 Å². The summed E-state index contributed by atoms with van der Waals surface area (Å²) >= 11 is 0.243. The topological polar surface area (TPSA) is 73.3 Å². The first-order valence-electron chi connectivity index (χ1n) is 5.86. The molecule has 118 valence electrons. The highest BCUT2D eigenvalue weighted by Crippen LogP contribution is 2.32. The van der Waals surface area contributed by atoms with Gasteiger partial charge in [0.15, 0.2) is 6.61 Å². The lowest BCUT2D eigenvalue weighted by molar-refractivity contribution is -0.138. The first-order valence-corrected chi connectivity index (χ1v) is 6.67. The molecule has 2 aromatic rings. The maximum atomic E-state index is 12.3. The van der Waals surface area contributed by atoms with Crippen LogP contribution >= 0.6 is 11.3 Å². The standard InChI is InChI=1S/C12H10F3N3O3S/c1-20-7-2-4-8(5-3-7)21-6-9(19)16-11-18-17-10(22-11)12(13,14)15/h2-5H,6H2,1H3,(H,16,18,19). The summed E-state index contributed by atoms with van der Waals surface area (Å²) in [5, 5.41) is 7.01. The molecule has 0 unspecified atom stereocenters. The second-order valence-electron chi connectivity index (χ2n) is 3.92. The van der Waals surface area contributed by atoms with Gasteiger partial charge in [-0.05, 0) is 24.3 Å². The summed E-state index contributed by atoms with van der Waals surface area (Å²) in [7, 11) is 1.51. The number of nitrogens with one attached hydrogen (secondary N) is 1. The van der Waals surface area contributed by atoms with E-state index in [0.717, 1.165) is 0 Å². The third-order valence-corrected chi connectivity index (χ3v) is 3.23. The van der Waals surface area contributed by atoms with Crippen molar-refractivity contribution in [1.82, 2.24) is 10.2 Å². The fourth-order valence-electron chi connectivity index (χ4n) is 1.36. The van der Waals surface area contributed by atoms with Gasteiger partial charge in [-0.1, -0.05) is 11.3 Å². The fraction of sp³-hybridized carbons (Fsp3) is 0.250. The number of methoxy groups -OCH3 is 1. The number of anilines is 1. The minimum absolute atomic E-state index is 0.240. The number of hydrogen-bond acceptors (Lipinski definition) is 6. The molecule has 10 heteroatoms. The summed E-state index contributed by atoms with van der Waals surface area (Å²) in [5.74, 6) is 0.412. The number of amides is 1. The highest BCUT2D eigenvalue weighted by atomic mass is 32.1. The summed E-state index contributed by atoms with van der Waals surface area (Å²) < 4.78 is 47.1. The highest BCUT2D eigenvalue weighted by molar-refractivity contribution is 7.15. The van der Waals surface area contributed by atoms with Crippen LogP contribution in [0.15, 0.2) is 24.3 Å². The van der Waals surface area contributed by atoms with Crippen molar-refractivity contribution in [2.75, 3.05) is 19.0 Å². The van der Waals surface area contributed by atoms with Crippen LogP contribution in [0.2, 0.25) is 0 Å². The maximum absolute atomic E-state index is 12.3. The molecule has 0 atom stereocenters. The van der Waals surface area contributed by atoms with Gasteiger partial charge in [-0.3, -0.25) is 10.1 Å². The molecular formula is C12H10F3N3O3S. The quantitative estimate of drug-likeness (QED) is 0.910. The van der Waals surface area contributed by atoms with E-state index in [0.29, 0.717) is 11.5 Å². The molecule has 22 heavy (non-hydrogen) atoms. The van der Waals surface area contributed by atoms with E-state index in [1.807, 2.05) is 0 Å². The van der Waals surface area contributed by atoms with Crippen LogP contribution in [0.1, 0.15) is 5.01 Å². The number of halogens is 3. The number of rotatable bonds is 5. The number of alkyl halides is 3. The molecule has 1 aromatic carbocycles. The van der Waals surface area contributed by atoms with Crippen LogP contribution in [0, 0.1) is 0 Å². The van der Waals surface area contributed by atoms with E-state index < -0.39 is 17.1 Å². The lowest BCUT2D eigenvalue weighted by Crippen LogP contribution is -2.20. The fourth-order valence-corrected chi connectivity index (χ4v) is 1.99. The predicted molar refractivity (Wildman–Crippen MR) is 72.0 cm³/mol. The molecule has 0 aliphatic carbocycles. The molecule has 0 saturated heterocycles. The minimum Gasteiger partial charge on any atom is -0.497 e. The molecular weight excluding hydrogens is 323 g/mol. The largest absolute Gasteiger partial charge is 0.497 e. The first-order chi connectivity index (χ1) is 10.4. The summed E-state index contributed by atoms with van der Waals surface area (Å²) in [6.07, 6.45) is -4.58. The zero-order valence-electron chi connectivity index (χ0n) is 11.2.